The summed E-state index contributed by atoms with van der Waals surface area (Å²) >= 11 is 0. The van der Waals surface area contributed by atoms with Gasteiger partial charge in [-0.2, -0.15) is 0 Å². The number of anilines is 1. The minimum absolute atomic E-state index is 0.678. The molecule has 0 aliphatic heterocycles. The van der Waals surface area contributed by atoms with Gasteiger partial charge in [-0.3, -0.25) is 4.98 Å². The Morgan fingerprint density at radius 2 is 2.23 bits per heavy atom. The number of hydrogen-bond acceptors (Lipinski definition) is 4. The zero-order valence-corrected chi connectivity index (χ0v) is 8.08. The van der Waals surface area contributed by atoms with E-state index in [9.17, 15) is 0 Å². The van der Waals surface area contributed by atoms with E-state index in [1.807, 2.05) is 0 Å². The first-order valence-corrected chi connectivity index (χ1v) is 4.40. The lowest BCUT2D eigenvalue weighted by atomic mass is 10.3. The van der Waals surface area contributed by atoms with Crippen LogP contribution in [0.15, 0.2) is 12.4 Å². The number of hydrogen-bond donors (Lipinski definition) is 1. The Morgan fingerprint density at radius 3 is 2.77 bits per heavy atom. The van der Waals surface area contributed by atoms with Crippen LogP contribution >= 0.6 is 0 Å². The lowest BCUT2D eigenvalue weighted by Gasteiger charge is -2.03. The second-order valence-corrected chi connectivity index (χ2v) is 2.67. The van der Waals surface area contributed by atoms with Gasteiger partial charge in [-0.05, 0) is 6.42 Å². The molecular weight excluding hydrogens is 166 g/mol. The minimum atomic E-state index is 0.678. The van der Waals surface area contributed by atoms with Crippen LogP contribution in [0.4, 0.5) is 5.82 Å². The van der Waals surface area contributed by atoms with Crippen molar-refractivity contribution in [2.45, 2.75) is 13.3 Å². The molecule has 0 saturated heterocycles. The van der Waals surface area contributed by atoms with Crippen LogP contribution in [-0.4, -0.2) is 30.2 Å². The summed E-state index contributed by atoms with van der Waals surface area (Å²) in [6.45, 7) is 3.50. The molecule has 0 unspecified atom stereocenters. The Hall–Kier alpha value is -1.16. The fourth-order valence-corrected chi connectivity index (χ4v) is 0.910. The molecule has 0 fully saturated rings. The predicted molar refractivity (Wildman–Crippen MR) is 51.8 cm³/mol. The standard InChI is InChI=1S/C9H15N3O/c1-3-8-6-12-9(7-11-8)10-4-5-13-2/h6-7H,3-5H2,1-2H3,(H,10,12). The van der Waals surface area contributed by atoms with Gasteiger partial charge in [-0.15, -0.1) is 0 Å². The molecule has 4 heteroatoms. The van der Waals surface area contributed by atoms with E-state index in [4.69, 9.17) is 4.74 Å². The second kappa shape index (κ2) is 5.48. The van der Waals surface area contributed by atoms with Crippen molar-refractivity contribution in [3.63, 3.8) is 0 Å². The molecule has 0 spiro atoms. The maximum atomic E-state index is 4.90. The highest BCUT2D eigenvalue weighted by Crippen LogP contribution is 2.00. The van der Waals surface area contributed by atoms with Crippen LogP contribution in [0.25, 0.3) is 0 Å². The molecule has 0 amide bonds. The fraction of sp³-hybridized carbons (Fsp3) is 0.556. The van der Waals surface area contributed by atoms with E-state index in [2.05, 4.69) is 22.2 Å². The first kappa shape index (κ1) is 9.92. The third-order valence-electron chi connectivity index (χ3n) is 1.68. The summed E-state index contributed by atoms with van der Waals surface area (Å²) < 4.78 is 4.90. The van der Waals surface area contributed by atoms with Crippen molar-refractivity contribution in [1.82, 2.24) is 9.97 Å². The van der Waals surface area contributed by atoms with Gasteiger partial charge >= 0.3 is 0 Å². The Bertz CT molecular complexity index is 235. The molecule has 0 radical (unpaired) electrons. The van der Waals surface area contributed by atoms with Crippen LogP contribution in [-0.2, 0) is 11.2 Å². The summed E-state index contributed by atoms with van der Waals surface area (Å²) in [5.74, 6) is 0.800. The number of rotatable bonds is 5. The first-order valence-electron chi connectivity index (χ1n) is 4.40. The average molecular weight is 181 g/mol. The number of methoxy groups -OCH3 is 1. The van der Waals surface area contributed by atoms with Crippen molar-refractivity contribution in [3.05, 3.63) is 18.1 Å². The molecule has 0 saturated carbocycles. The van der Waals surface area contributed by atoms with Crippen LogP contribution in [0.1, 0.15) is 12.6 Å². The largest absolute Gasteiger partial charge is 0.383 e. The molecule has 1 rings (SSSR count). The van der Waals surface area contributed by atoms with Crippen LogP contribution in [0.3, 0.4) is 0 Å². The zero-order chi connectivity index (χ0) is 9.52. The minimum Gasteiger partial charge on any atom is -0.383 e. The molecule has 4 nitrogen and oxygen atoms in total. The monoisotopic (exact) mass is 181 g/mol. The van der Waals surface area contributed by atoms with Crippen molar-refractivity contribution in [3.8, 4) is 0 Å². The van der Waals surface area contributed by atoms with E-state index in [0.717, 1.165) is 24.5 Å². The molecule has 0 aliphatic carbocycles. The number of aromatic nitrogens is 2. The number of ether oxygens (including phenoxy) is 1. The Morgan fingerprint density at radius 1 is 1.38 bits per heavy atom. The highest BCUT2D eigenvalue weighted by molar-refractivity contribution is 5.30. The molecule has 13 heavy (non-hydrogen) atoms. The van der Waals surface area contributed by atoms with Crippen molar-refractivity contribution < 1.29 is 4.74 Å². The molecule has 0 atom stereocenters. The molecule has 72 valence electrons. The lowest BCUT2D eigenvalue weighted by molar-refractivity contribution is 0.210. The van der Waals surface area contributed by atoms with Crippen LogP contribution in [0.2, 0.25) is 0 Å². The van der Waals surface area contributed by atoms with Crippen molar-refractivity contribution in [2.24, 2.45) is 0 Å². The summed E-state index contributed by atoms with van der Waals surface area (Å²) in [6, 6.07) is 0. The summed E-state index contributed by atoms with van der Waals surface area (Å²) in [4.78, 5) is 8.40. The molecule has 0 aliphatic rings. The molecular formula is C9H15N3O. The van der Waals surface area contributed by atoms with Gasteiger partial charge in [-0.25, -0.2) is 4.98 Å². The smallest absolute Gasteiger partial charge is 0.144 e. The quantitative estimate of drug-likeness (QED) is 0.691. The van der Waals surface area contributed by atoms with E-state index >= 15 is 0 Å². The van der Waals surface area contributed by atoms with E-state index in [1.54, 1.807) is 19.5 Å². The molecule has 1 aromatic heterocycles. The maximum Gasteiger partial charge on any atom is 0.144 e. The van der Waals surface area contributed by atoms with Crippen LogP contribution in [0, 0.1) is 0 Å². The van der Waals surface area contributed by atoms with E-state index in [1.165, 1.54) is 0 Å². The Balaban J connectivity index is 2.40. The summed E-state index contributed by atoms with van der Waals surface area (Å²) in [5, 5.41) is 3.10. The molecule has 1 N–H and O–H groups in total. The maximum absolute atomic E-state index is 4.90. The summed E-state index contributed by atoms with van der Waals surface area (Å²) in [6.07, 6.45) is 4.45. The third-order valence-corrected chi connectivity index (χ3v) is 1.68. The van der Waals surface area contributed by atoms with E-state index in [-0.39, 0.29) is 0 Å². The van der Waals surface area contributed by atoms with Crippen LogP contribution in [0.5, 0.6) is 0 Å². The van der Waals surface area contributed by atoms with Gasteiger partial charge in [-0.1, -0.05) is 6.92 Å². The van der Waals surface area contributed by atoms with Gasteiger partial charge in [0.2, 0.25) is 0 Å². The van der Waals surface area contributed by atoms with Gasteiger partial charge in [0.25, 0.3) is 0 Å². The molecule has 0 bridgehead atoms. The third kappa shape index (κ3) is 3.38. The predicted octanol–water partition coefficient (Wildman–Crippen LogP) is 1.10. The van der Waals surface area contributed by atoms with Crippen LogP contribution < -0.4 is 5.32 Å². The number of aryl methyl sites for hydroxylation is 1. The van der Waals surface area contributed by atoms with Crippen molar-refractivity contribution in [1.29, 1.82) is 0 Å². The van der Waals surface area contributed by atoms with Gasteiger partial charge in [0, 0.05) is 13.7 Å². The Labute approximate surface area is 78.4 Å². The van der Waals surface area contributed by atoms with E-state index in [0.29, 0.717) is 6.61 Å². The first-order chi connectivity index (χ1) is 6.36. The van der Waals surface area contributed by atoms with Crippen molar-refractivity contribution in [2.75, 3.05) is 25.6 Å². The highest BCUT2D eigenvalue weighted by atomic mass is 16.5. The fourth-order valence-electron chi connectivity index (χ4n) is 0.910. The second-order valence-electron chi connectivity index (χ2n) is 2.67. The van der Waals surface area contributed by atoms with Crippen molar-refractivity contribution >= 4 is 5.82 Å². The van der Waals surface area contributed by atoms with Gasteiger partial charge in [0.1, 0.15) is 5.82 Å². The van der Waals surface area contributed by atoms with Gasteiger partial charge < -0.3 is 10.1 Å². The normalized spacial score (nSPS) is 10.0. The lowest BCUT2D eigenvalue weighted by Crippen LogP contribution is -2.09. The average Bonchev–Trinajstić information content (AvgIpc) is 2.19. The molecule has 0 aromatic carbocycles. The highest BCUT2D eigenvalue weighted by Gasteiger charge is 1.94. The number of nitrogens with zero attached hydrogens (tertiary/aromatic N) is 2. The molecule has 1 heterocycles. The SMILES string of the molecule is CCc1cnc(NCCOC)cn1. The molecule has 1 aromatic rings. The summed E-state index contributed by atoms with van der Waals surface area (Å²) in [7, 11) is 1.67. The van der Waals surface area contributed by atoms with Gasteiger partial charge in [0.05, 0.1) is 24.7 Å². The number of nitrogens with one attached hydrogen (secondary N) is 1. The topological polar surface area (TPSA) is 47.0 Å². The van der Waals surface area contributed by atoms with Gasteiger partial charge in [0.15, 0.2) is 0 Å². The Kier molecular flexibility index (Phi) is 4.18. The van der Waals surface area contributed by atoms with E-state index < -0.39 is 0 Å². The zero-order valence-electron chi connectivity index (χ0n) is 8.08. The summed E-state index contributed by atoms with van der Waals surface area (Å²) in [5.41, 5.74) is 1.01.